The minimum Gasteiger partial charge on any atom is -0.356 e. The van der Waals surface area contributed by atoms with Gasteiger partial charge >= 0.3 is 0 Å². The summed E-state index contributed by atoms with van der Waals surface area (Å²) in [5, 5.41) is 0. The lowest BCUT2D eigenvalue weighted by Crippen LogP contribution is -2.44. The number of fused-ring (bicyclic) bond motifs is 1. The van der Waals surface area contributed by atoms with Crippen LogP contribution in [0.1, 0.15) is 29.8 Å². The lowest BCUT2D eigenvalue weighted by molar-refractivity contribution is -0.137. The van der Waals surface area contributed by atoms with Gasteiger partial charge in [0.05, 0.1) is 0 Å². The van der Waals surface area contributed by atoms with Gasteiger partial charge in [-0.1, -0.05) is 24.3 Å². The Balaban J connectivity index is 1.37. The Bertz CT molecular complexity index is 768. The first-order valence-corrected chi connectivity index (χ1v) is 9.11. The highest BCUT2D eigenvalue weighted by molar-refractivity contribution is 5.79. The third-order valence-electron chi connectivity index (χ3n) is 5.37. The van der Waals surface area contributed by atoms with E-state index < -0.39 is 0 Å². The van der Waals surface area contributed by atoms with Gasteiger partial charge in [0.2, 0.25) is 5.91 Å². The van der Waals surface area contributed by atoms with Gasteiger partial charge in [0.25, 0.3) is 0 Å². The second-order valence-corrected chi connectivity index (χ2v) is 7.00. The minimum atomic E-state index is 0.143. The number of carbonyl (C=O) groups is 1. The van der Waals surface area contributed by atoms with E-state index in [-0.39, 0.29) is 5.92 Å². The van der Waals surface area contributed by atoms with Crippen LogP contribution in [0.25, 0.3) is 0 Å². The molecule has 2 aliphatic rings. The summed E-state index contributed by atoms with van der Waals surface area (Å²) in [6.45, 7) is 5.30. The van der Waals surface area contributed by atoms with E-state index in [9.17, 15) is 4.79 Å². The zero-order valence-electron chi connectivity index (χ0n) is 14.7. The van der Waals surface area contributed by atoms with Gasteiger partial charge in [-0.3, -0.25) is 4.79 Å². The molecule has 1 fully saturated rings. The monoisotopic (exact) mass is 336 g/mol. The first-order chi connectivity index (χ1) is 12.2. The van der Waals surface area contributed by atoms with Gasteiger partial charge in [-0.15, -0.1) is 0 Å². The number of amides is 1. The Labute approximate surface area is 148 Å². The molecule has 0 saturated carbocycles. The zero-order valence-corrected chi connectivity index (χ0v) is 14.7. The fourth-order valence-electron chi connectivity index (χ4n) is 3.92. The molecule has 0 spiro atoms. The molecule has 2 aromatic rings. The predicted octanol–water partition coefficient (Wildman–Crippen LogP) is 2.59. The second kappa shape index (κ2) is 6.82. The van der Waals surface area contributed by atoms with Crippen LogP contribution in [0.3, 0.4) is 0 Å². The van der Waals surface area contributed by atoms with Crippen LogP contribution < -0.4 is 4.90 Å². The van der Waals surface area contributed by atoms with E-state index in [2.05, 4.69) is 44.0 Å². The third kappa shape index (κ3) is 3.36. The highest BCUT2D eigenvalue weighted by Crippen LogP contribution is 2.26. The molecule has 0 N–H and O–H groups in total. The molecule has 0 bridgehead atoms. The second-order valence-electron chi connectivity index (χ2n) is 7.00. The number of hydrogen-bond acceptors (Lipinski definition) is 4. The van der Waals surface area contributed by atoms with Crippen LogP contribution in [0, 0.1) is 12.8 Å². The Morgan fingerprint density at radius 3 is 2.60 bits per heavy atom. The smallest absolute Gasteiger partial charge is 0.226 e. The molecule has 0 aliphatic carbocycles. The average molecular weight is 336 g/mol. The molecular weight excluding hydrogens is 312 g/mol. The number of aromatic nitrogens is 2. The molecule has 25 heavy (non-hydrogen) atoms. The summed E-state index contributed by atoms with van der Waals surface area (Å²) in [5.41, 5.74) is 2.69. The van der Waals surface area contributed by atoms with E-state index >= 15 is 0 Å². The van der Waals surface area contributed by atoms with Crippen molar-refractivity contribution in [2.24, 2.45) is 5.92 Å². The number of piperidine rings is 1. The SMILES string of the molecule is Cc1nccc(N2CCC(C(=O)N3CCc4ccccc4C3)CC2)n1. The lowest BCUT2D eigenvalue weighted by Gasteiger charge is -2.36. The molecule has 130 valence electrons. The number of nitrogens with zero attached hydrogens (tertiary/aromatic N) is 4. The molecule has 0 atom stereocenters. The van der Waals surface area contributed by atoms with Gasteiger partial charge < -0.3 is 9.80 Å². The highest BCUT2D eigenvalue weighted by atomic mass is 16.2. The van der Waals surface area contributed by atoms with Crippen molar-refractivity contribution in [1.29, 1.82) is 0 Å². The standard InChI is InChI=1S/C20H24N4O/c1-15-21-10-6-19(22-15)23-11-8-17(9-12-23)20(25)24-13-7-16-4-2-3-5-18(16)14-24/h2-6,10,17H,7-9,11-14H2,1H3. The Morgan fingerprint density at radius 2 is 1.84 bits per heavy atom. The summed E-state index contributed by atoms with van der Waals surface area (Å²) >= 11 is 0. The van der Waals surface area contributed by atoms with Gasteiger partial charge in [-0.2, -0.15) is 0 Å². The first-order valence-electron chi connectivity index (χ1n) is 9.11. The van der Waals surface area contributed by atoms with E-state index in [0.717, 1.165) is 57.1 Å². The molecule has 1 aromatic heterocycles. The van der Waals surface area contributed by atoms with E-state index in [4.69, 9.17) is 0 Å². The van der Waals surface area contributed by atoms with Gasteiger partial charge in [-0.05, 0) is 43.4 Å². The highest BCUT2D eigenvalue weighted by Gasteiger charge is 2.30. The fraction of sp³-hybridized carbons (Fsp3) is 0.450. The summed E-state index contributed by atoms with van der Waals surface area (Å²) in [7, 11) is 0. The molecule has 0 unspecified atom stereocenters. The largest absolute Gasteiger partial charge is 0.356 e. The molecule has 4 rings (SSSR count). The van der Waals surface area contributed by atoms with Crippen molar-refractivity contribution in [2.75, 3.05) is 24.5 Å². The first kappa shape index (κ1) is 16.1. The Morgan fingerprint density at radius 1 is 1.08 bits per heavy atom. The van der Waals surface area contributed by atoms with Gasteiger partial charge in [0.15, 0.2) is 0 Å². The van der Waals surface area contributed by atoms with Crippen molar-refractivity contribution in [1.82, 2.24) is 14.9 Å². The maximum atomic E-state index is 12.9. The van der Waals surface area contributed by atoms with Crippen molar-refractivity contribution in [3.63, 3.8) is 0 Å². The maximum Gasteiger partial charge on any atom is 0.226 e. The van der Waals surface area contributed by atoms with Crippen molar-refractivity contribution in [3.8, 4) is 0 Å². The normalized spacial score (nSPS) is 18.1. The van der Waals surface area contributed by atoms with Crippen LogP contribution in [0.5, 0.6) is 0 Å². The summed E-state index contributed by atoms with van der Waals surface area (Å²) in [6.07, 6.45) is 4.58. The number of benzene rings is 1. The van der Waals surface area contributed by atoms with E-state index in [0.29, 0.717) is 5.91 Å². The number of anilines is 1. The van der Waals surface area contributed by atoms with Crippen LogP contribution >= 0.6 is 0 Å². The van der Waals surface area contributed by atoms with Crippen LogP contribution in [-0.4, -0.2) is 40.4 Å². The minimum absolute atomic E-state index is 0.143. The molecule has 0 radical (unpaired) electrons. The predicted molar refractivity (Wildman–Crippen MR) is 97.3 cm³/mol. The van der Waals surface area contributed by atoms with E-state index in [1.165, 1.54) is 11.1 Å². The molecule has 3 heterocycles. The zero-order chi connectivity index (χ0) is 17.2. The van der Waals surface area contributed by atoms with Crippen LogP contribution in [0.2, 0.25) is 0 Å². The maximum absolute atomic E-state index is 12.9. The third-order valence-corrected chi connectivity index (χ3v) is 5.37. The summed E-state index contributed by atoms with van der Waals surface area (Å²) < 4.78 is 0. The quantitative estimate of drug-likeness (QED) is 0.846. The van der Waals surface area contributed by atoms with E-state index in [1.807, 2.05) is 13.0 Å². The number of rotatable bonds is 2. The lowest BCUT2D eigenvalue weighted by atomic mass is 9.93. The van der Waals surface area contributed by atoms with Gasteiger partial charge in [-0.25, -0.2) is 9.97 Å². The van der Waals surface area contributed by atoms with E-state index in [1.54, 1.807) is 6.20 Å². The Hall–Kier alpha value is -2.43. The van der Waals surface area contributed by atoms with Crippen LogP contribution in [0.15, 0.2) is 36.5 Å². The Kier molecular flexibility index (Phi) is 4.38. The summed E-state index contributed by atoms with van der Waals surface area (Å²) in [6, 6.07) is 10.4. The molecule has 5 heteroatoms. The van der Waals surface area contributed by atoms with Gasteiger partial charge in [0, 0.05) is 38.3 Å². The van der Waals surface area contributed by atoms with Crippen molar-refractivity contribution >= 4 is 11.7 Å². The molecule has 1 amide bonds. The van der Waals surface area contributed by atoms with Crippen LogP contribution in [0.4, 0.5) is 5.82 Å². The van der Waals surface area contributed by atoms with Crippen LogP contribution in [-0.2, 0) is 17.8 Å². The van der Waals surface area contributed by atoms with Crippen molar-refractivity contribution in [3.05, 3.63) is 53.5 Å². The topological polar surface area (TPSA) is 49.3 Å². The number of hydrogen-bond donors (Lipinski definition) is 0. The number of carbonyl (C=O) groups excluding carboxylic acids is 1. The van der Waals surface area contributed by atoms with Gasteiger partial charge in [0.1, 0.15) is 11.6 Å². The van der Waals surface area contributed by atoms with Crippen molar-refractivity contribution < 1.29 is 4.79 Å². The molecule has 2 aliphatic heterocycles. The molecule has 1 saturated heterocycles. The number of aryl methyl sites for hydroxylation is 1. The fourth-order valence-corrected chi connectivity index (χ4v) is 3.92. The summed E-state index contributed by atoms with van der Waals surface area (Å²) in [4.78, 5) is 25.9. The molecule has 1 aromatic carbocycles. The van der Waals surface area contributed by atoms with Crippen molar-refractivity contribution in [2.45, 2.75) is 32.7 Å². The molecule has 5 nitrogen and oxygen atoms in total. The average Bonchev–Trinajstić information content (AvgIpc) is 2.67. The molecular formula is C20H24N4O. The summed E-state index contributed by atoms with van der Waals surface area (Å²) in [5.74, 6) is 2.24.